The van der Waals surface area contributed by atoms with Gasteiger partial charge < -0.3 is 29.5 Å². The fourth-order valence-corrected chi connectivity index (χ4v) is 1.29. The summed E-state index contributed by atoms with van der Waals surface area (Å²) in [4.78, 5) is 19.9. The van der Waals surface area contributed by atoms with E-state index in [1.54, 1.807) is 24.3 Å². The molecule has 126 valence electrons. The summed E-state index contributed by atoms with van der Waals surface area (Å²) >= 11 is 0. The molecule has 0 unspecified atom stereocenters. The van der Waals surface area contributed by atoms with Gasteiger partial charge in [0.15, 0.2) is 11.5 Å². The first kappa shape index (κ1) is 18.6. The summed E-state index contributed by atoms with van der Waals surface area (Å²) in [5.74, 6) is 1.03. The Morgan fingerprint density at radius 2 is 1.00 bits per heavy atom. The van der Waals surface area contributed by atoms with Crippen LogP contribution in [0.1, 0.15) is 0 Å². The smallest absolute Gasteiger partial charge is 0.165 e. The molecule has 0 bridgehead atoms. The van der Waals surface area contributed by atoms with Crippen molar-refractivity contribution in [2.75, 3.05) is 52.9 Å². The number of rotatable bonds is 14. The predicted molar refractivity (Wildman–Crippen MR) is 75.4 cm³/mol. The molecule has 2 N–H and O–H groups in total. The molecule has 1 aromatic rings. The maximum Gasteiger partial charge on any atom is 0.165 e. The lowest BCUT2D eigenvalue weighted by atomic mass is 10.3. The van der Waals surface area contributed by atoms with Crippen LogP contribution in [-0.2, 0) is 19.2 Å². The second-order valence-corrected chi connectivity index (χ2v) is 3.95. The quantitative estimate of drug-likeness (QED) is 0.288. The number of hydrogen-bond acceptors (Lipinski definition) is 8. The zero-order valence-electron chi connectivity index (χ0n) is 12.3. The van der Waals surface area contributed by atoms with Crippen LogP contribution >= 0.6 is 0 Å². The molecule has 0 aliphatic heterocycles. The minimum Gasteiger partial charge on any atom is -0.394 e. The van der Waals surface area contributed by atoms with Crippen LogP contribution < -0.4 is 9.78 Å². The second-order valence-electron chi connectivity index (χ2n) is 3.95. The van der Waals surface area contributed by atoms with Crippen LogP contribution in [0.4, 0.5) is 0 Å². The molecule has 1 rings (SSSR count). The predicted octanol–water partition coefficient (Wildman–Crippen LogP) is 0.325. The number of benzene rings is 1. The van der Waals surface area contributed by atoms with E-state index < -0.39 is 0 Å². The molecule has 0 radical (unpaired) electrons. The molecule has 1 aromatic carbocycles. The van der Waals surface area contributed by atoms with Crippen LogP contribution in [0, 0.1) is 0 Å². The Balaban J connectivity index is 2.07. The van der Waals surface area contributed by atoms with E-state index in [1.165, 1.54) is 0 Å². The van der Waals surface area contributed by atoms with Crippen molar-refractivity contribution in [1.82, 2.24) is 0 Å². The summed E-state index contributed by atoms with van der Waals surface area (Å²) in [7, 11) is 0. The van der Waals surface area contributed by atoms with Crippen molar-refractivity contribution < 1.29 is 39.2 Å². The lowest BCUT2D eigenvalue weighted by Gasteiger charge is -2.07. The van der Waals surface area contributed by atoms with Gasteiger partial charge in [0.25, 0.3) is 0 Å². The van der Waals surface area contributed by atoms with Crippen molar-refractivity contribution in [1.29, 1.82) is 0 Å². The summed E-state index contributed by atoms with van der Waals surface area (Å²) in [6.45, 7) is 1.73. The molecule has 0 fully saturated rings. The Hall–Kier alpha value is -1.42. The molecular formula is C14H22O8. The van der Waals surface area contributed by atoms with Crippen LogP contribution in [0.25, 0.3) is 0 Å². The maximum absolute atomic E-state index is 8.51. The first-order valence-corrected chi connectivity index (χ1v) is 6.93. The zero-order chi connectivity index (χ0) is 15.9. The zero-order valence-corrected chi connectivity index (χ0v) is 12.3. The van der Waals surface area contributed by atoms with Gasteiger partial charge in [-0.2, -0.15) is 9.78 Å². The van der Waals surface area contributed by atoms with E-state index in [1.807, 2.05) is 0 Å². The van der Waals surface area contributed by atoms with Crippen molar-refractivity contribution in [3.8, 4) is 11.5 Å². The Morgan fingerprint density at radius 3 is 1.36 bits per heavy atom. The van der Waals surface area contributed by atoms with E-state index in [4.69, 9.17) is 39.2 Å². The number of aliphatic hydroxyl groups is 2. The third-order valence-electron chi connectivity index (χ3n) is 2.23. The molecule has 0 aromatic heterocycles. The van der Waals surface area contributed by atoms with E-state index in [0.29, 0.717) is 24.7 Å². The van der Waals surface area contributed by atoms with Crippen LogP contribution in [0.2, 0.25) is 0 Å². The summed E-state index contributed by atoms with van der Waals surface area (Å²) in [5.41, 5.74) is 0. The largest absolute Gasteiger partial charge is 0.394 e. The molecule has 0 amide bonds. The van der Waals surface area contributed by atoms with E-state index in [-0.39, 0.29) is 39.6 Å². The van der Waals surface area contributed by atoms with Gasteiger partial charge in [-0.25, -0.2) is 0 Å². The standard InChI is InChI=1S/C14H22O8/c15-5-7-17-9-11-19-21-13-1-2-14(4-3-13)22-20-12-10-18-8-6-16/h1-4,15-16H,5-12H2. The molecule has 0 spiro atoms. The van der Waals surface area contributed by atoms with Gasteiger partial charge in [0.1, 0.15) is 13.2 Å². The monoisotopic (exact) mass is 318 g/mol. The van der Waals surface area contributed by atoms with Crippen molar-refractivity contribution in [3.63, 3.8) is 0 Å². The van der Waals surface area contributed by atoms with Crippen molar-refractivity contribution in [2.24, 2.45) is 0 Å². The highest BCUT2D eigenvalue weighted by atomic mass is 17.2. The van der Waals surface area contributed by atoms with Crippen LogP contribution in [0.15, 0.2) is 24.3 Å². The average molecular weight is 318 g/mol. The molecule has 0 saturated heterocycles. The van der Waals surface area contributed by atoms with E-state index in [2.05, 4.69) is 0 Å². The Labute approximate surface area is 128 Å². The molecule has 0 saturated carbocycles. The molecule has 8 nitrogen and oxygen atoms in total. The van der Waals surface area contributed by atoms with Gasteiger partial charge in [-0.15, -0.1) is 0 Å². The minimum atomic E-state index is -0.0159. The van der Waals surface area contributed by atoms with E-state index in [9.17, 15) is 0 Å². The first-order chi connectivity index (χ1) is 10.9. The normalized spacial score (nSPS) is 10.6. The van der Waals surface area contributed by atoms with Crippen LogP contribution in [0.5, 0.6) is 11.5 Å². The first-order valence-electron chi connectivity index (χ1n) is 6.93. The van der Waals surface area contributed by atoms with Crippen molar-refractivity contribution >= 4 is 0 Å². The average Bonchev–Trinajstić information content (AvgIpc) is 2.55. The van der Waals surface area contributed by atoms with Gasteiger partial charge in [-0.05, 0) is 24.3 Å². The van der Waals surface area contributed by atoms with Crippen molar-refractivity contribution in [3.05, 3.63) is 24.3 Å². The van der Waals surface area contributed by atoms with Gasteiger partial charge in [0.2, 0.25) is 0 Å². The fraction of sp³-hybridized carbons (Fsp3) is 0.571. The Kier molecular flexibility index (Phi) is 11.2. The highest BCUT2D eigenvalue weighted by Crippen LogP contribution is 2.17. The minimum absolute atomic E-state index is 0.0159. The maximum atomic E-state index is 8.51. The third-order valence-corrected chi connectivity index (χ3v) is 2.23. The highest BCUT2D eigenvalue weighted by molar-refractivity contribution is 5.30. The van der Waals surface area contributed by atoms with Gasteiger partial charge >= 0.3 is 0 Å². The topological polar surface area (TPSA) is 95.8 Å². The molecule has 0 aliphatic rings. The SMILES string of the molecule is OCCOCCOOc1ccc(OOCCOCCO)cc1. The molecule has 0 heterocycles. The number of hydrogen-bond donors (Lipinski definition) is 2. The highest BCUT2D eigenvalue weighted by Gasteiger charge is 1.99. The van der Waals surface area contributed by atoms with Crippen LogP contribution in [0.3, 0.4) is 0 Å². The summed E-state index contributed by atoms with van der Waals surface area (Å²) in [6.07, 6.45) is 0. The lowest BCUT2D eigenvalue weighted by molar-refractivity contribution is -0.217. The molecule has 22 heavy (non-hydrogen) atoms. The molecule has 0 aliphatic carbocycles. The molecule has 8 heteroatoms. The summed E-state index contributed by atoms with van der Waals surface area (Å²) in [6, 6.07) is 6.65. The van der Waals surface area contributed by atoms with Gasteiger partial charge in [0.05, 0.1) is 39.6 Å². The van der Waals surface area contributed by atoms with Crippen molar-refractivity contribution in [2.45, 2.75) is 0 Å². The molecule has 0 atom stereocenters. The second kappa shape index (κ2) is 13.3. The third kappa shape index (κ3) is 9.50. The summed E-state index contributed by atoms with van der Waals surface area (Å²) in [5, 5.41) is 17.0. The molecular weight excluding hydrogens is 296 g/mol. The number of aliphatic hydroxyl groups excluding tert-OH is 2. The van der Waals surface area contributed by atoms with Crippen LogP contribution in [-0.4, -0.2) is 63.1 Å². The lowest BCUT2D eigenvalue weighted by Crippen LogP contribution is -2.09. The number of ether oxygens (including phenoxy) is 2. The summed E-state index contributed by atoms with van der Waals surface area (Å²) < 4.78 is 10.0. The van der Waals surface area contributed by atoms with E-state index >= 15 is 0 Å². The van der Waals surface area contributed by atoms with Gasteiger partial charge in [-0.1, -0.05) is 0 Å². The van der Waals surface area contributed by atoms with Gasteiger partial charge in [0, 0.05) is 0 Å². The fourth-order valence-electron chi connectivity index (χ4n) is 1.29. The Morgan fingerprint density at radius 1 is 0.591 bits per heavy atom. The Bertz CT molecular complexity index is 321. The van der Waals surface area contributed by atoms with E-state index in [0.717, 1.165) is 0 Å². The van der Waals surface area contributed by atoms with Gasteiger partial charge in [-0.3, -0.25) is 0 Å².